The second-order valence-corrected chi connectivity index (χ2v) is 5.32. The number of hydrogen-bond donors (Lipinski definition) is 2. The van der Waals surface area contributed by atoms with E-state index in [9.17, 15) is 0 Å². The minimum atomic E-state index is 0.694. The number of pyridine rings is 1. The van der Waals surface area contributed by atoms with Crippen molar-refractivity contribution in [3.63, 3.8) is 0 Å². The number of aromatic nitrogens is 1. The first kappa shape index (κ1) is 14.0. The fourth-order valence-electron chi connectivity index (χ4n) is 2.20. The second-order valence-electron chi connectivity index (χ2n) is 5.32. The molecule has 1 aromatic rings. The SMILES string of the molecule is CC(C)C(CNCc1ncccc1N)C(C)C. The van der Waals surface area contributed by atoms with Crippen molar-refractivity contribution in [1.29, 1.82) is 0 Å². The van der Waals surface area contributed by atoms with Gasteiger partial charge in [0.2, 0.25) is 0 Å². The van der Waals surface area contributed by atoms with Crippen molar-refractivity contribution in [2.75, 3.05) is 12.3 Å². The maximum atomic E-state index is 5.85. The Kier molecular flexibility index (Phi) is 5.42. The van der Waals surface area contributed by atoms with Crippen LogP contribution in [0.15, 0.2) is 18.3 Å². The smallest absolute Gasteiger partial charge is 0.0770 e. The average molecular weight is 235 g/mol. The van der Waals surface area contributed by atoms with Crippen LogP contribution < -0.4 is 11.1 Å². The van der Waals surface area contributed by atoms with Crippen LogP contribution in [-0.4, -0.2) is 11.5 Å². The van der Waals surface area contributed by atoms with E-state index in [4.69, 9.17) is 5.73 Å². The highest BCUT2D eigenvalue weighted by atomic mass is 14.9. The lowest BCUT2D eigenvalue weighted by molar-refractivity contribution is 0.275. The topological polar surface area (TPSA) is 50.9 Å². The summed E-state index contributed by atoms with van der Waals surface area (Å²) < 4.78 is 0. The molecule has 0 saturated carbocycles. The lowest BCUT2D eigenvalue weighted by atomic mass is 9.85. The molecule has 3 nitrogen and oxygen atoms in total. The Morgan fingerprint density at radius 2 is 1.88 bits per heavy atom. The highest BCUT2D eigenvalue weighted by molar-refractivity contribution is 5.41. The maximum Gasteiger partial charge on any atom is 0.0770 e. The van der Waals surface area contributed by atoms with Crippen LogP contribution in [0.5, 0.6) is 0 Å². The predicted octanol–water partition coefficient (Wildman–Crippen LogP) is 2.68. The van der Waals surface area contributed by atoms with Gasteiger partial charge in [0, 0.05) is 12.7 Å². The van der Waals surface area contributed by atoms with Gasteiger partial charge in [0.25, 0.3) is 0 Å². The summed E-state index contributed by atoms with van der Waals surface area (Å²) in [7, 11) is 0. The van der Waals surface area contributed by atoms with E-state index in [0.717, 1.165) is 24.5 Å². The average Bonchev–Trinajstić information content (AvgIpc) is 2.25. The van der Waals surface area contributed by atoms with Crippen molar-refractivity contribution in [3.8, 4) is 0 Å². The lowest BCUT2D eigenvalue weighted by Crippen LogP contribution is -2.29. The normalized spacial score (nSPS) is 11.7. The van der Waals surface area contributed by atoms with Gasteiger partial charge in [-0.25, -0.2) is 0 Å². The van der Waals surface area contributed by atoms with E-state index in [1.165, 1.54) is 0 Å². The molecular weight excluding hydrogens is 210 g/mol. The summed E-state index contributed by atoms with van der Waals surface area (Å²) in [6, 6.07) is 3.76. The van der Waals surface area contributed by atoms with Crippen molar-refractivity contribution >= 4 is 5.69 Å². The van der Waals surface area contributed by atoms with Crippen molar-refractivity contribution in [2.24, 2.45) is 17.8 Å². The van der Waals surface area contributed by atoms with E-state index >= 15 is 0 Å². The molecule has 1 rings (SSSR count). The quantitative estimate of drug-likeness (QED) is 0.797. The molecule has 0 fully saturated rings. The van der Waals surface area contributed by atoms with Gasteiger partial charge < -0.3 is 11.1 Å². The fraction of sp³-hybridized carbons (Fsp3) is 0.643. The molecule has 96 valence electrons. The van der Waals surface area contributed by atoms with E-state index in [1.807, 2.05) is 12.1 Å². The molecule has 0 saturated heterocycles. The Hall–Kier alpha value is -1.09. The Morgan fingerprint density at radius 1 is 1.24 bits per heavy atom. The van der Waals surface area contributed by atoms with Crippen molar-refractivity contribution in [3.05, 3.63) is 24.0 Å². The third-order valence-corrected chi connectivity index (χ3v) is 3.31. The van der Waals surface area contributed by atoms with E-state index in [-0.39, 0.29) is 0 Å². The Labute approximate surface area is 105 Å². The molecule has 1 aromatic heterocycles. The highest BCUT2D eigenvalue weighted by Crippen LogP contribution is 2.19. The largest absolute Gasteiger partial charge is 0.397 e. The summed E-state index contributed by atoms with van der Waals surface area (Å²) in [6.07, 6.45) is 1.79. The molecule has 0 aliphatic carbocycles. The summed E-state index contributed by atoms with van der Waals surface area (Å²) in [4.78, 5) is 4.28. The van der Waals surface area contributed by atoms with Crippen LogP contribution in [0.2, 0.25) is 0 Å². The first-order valence-corrected chi connectivity index (χ1v) is 6.42. The van der Waals surface area contributed by atoms with Crippen LogP contribution in [0.25, 0.3) is 0 Å². The van der Waals surface area contributed by atoms with Gasteiger partial charge in [-0.15, -0.1) is 0 Å². The van der Waals surface area contributed by atoms with Gasteiger partial charge >= 0.3 is 0 Å². The first-order valence-electron chi connectivity index (χ1n) is 6.42. The van der Waals surface area contributed by atoms with Crippen LogP contribution in [0.4, 0.5) is 5.69 Å². The third-order valence-electron chi connectivity index (χ3n) is 3.31. The van der Waals surface area contributed by atoms with Crippen molar-refractivity contribution < 1.29 is 0 Å². The standard InChI is InChI=1S/C14H25N3/c1-10(2)12(11(3)4)8-16-9-14-13(15)6-5-7-17-14/h5-7,10-12,16H,8-9,15H2,1-4H3. The summed E-state index contributed by atoms with van der Waals surface area (Å²) in [5.41, 5.74) is 7.57. The molecule has 3 heteroatoms. The van der Waals surface area contributed by atoms with Crippen molar-refractivity contribution in [2.45, 2.75) is 34.2 Å². The number of nitrogens with two attached hydrogens (primary N) is 1. The van der Waals surface area contributed by atoms with E-state index < -0.39 is 0 Å². The lowest BCUT2D eigenvalue weighted by Gasteiger charge is -2.25. The zero-order valence-electron chi connectivity index (χ0n) is 11.4. The van der Waals surface area contributed by atoms with Crippen LogP contribution in [0.3, 0.4) is 0 Å². The predicted molar refractivity (Wildman–Crippen MR) is 73.5 cm³/mol. The molecule has 0 aromatic carbocycles. The summed E-state index contributed by atoms with van der Waals surface area (Å²) in [5, 5.41) is 3.46. The molecular formula is C14H25N3. The summed E-state index contributed by atoms with van der Waals surface area (Å²) in [6.45, 7) is 10.9. The van der Waals surface area contributed by atoms with Crippen LogP contribution >= 0.6 is 0 Å². The van der Waals surface area contributed by atoms with Crippen LogP contribution in [0.1, 0.15) is 33.4 Å². The highest BCUT2D eigenvalue weighted by Gasteiger charge is 2.16. The van der Waals surface area contributed by atoms with Crippen molar-refractivity contribution in [1.82, 2.24) is 10.3 Å². The first-order chi connectivity index (χ1) is 8.02. The molecule has 0 aliphatic rings. The number of nitrogen functional groups attached to an aromatic ring is 1. The van der Waals surface area contributed by atoms with Gasteiger partial charge in [0.05, 0.1) is 11.4 Å². The number of anilines is 1. The fourth-order valence-corrected chi connectivity index (χ4v) is 2.20. The van der Waals surface area contributed by atoms with Crippen LogP contribution in [-0.2, 0) is 6.54 Å². The van der Waals surface area contributed by atoms with E-state index in [2.05, 4.69) is 38.0 Å². The Morgan fingerprint density at radius 3 is 2.41 bits per heavy atom. The molecule has 0 radical (unpaired) electrons. The van der Waals surface area contributed by atoms with Gasteiger partial charge in [-0.3, -0.25) is 4.98 Å². The number of rotatable bonds is 6. The molecule has 0 atom stereocenters. The maximum absolute atomic E-state index is 5.85. The minimum absolute atomic E-state index is 0.694. The zero-order chi connectivity index (χ0) is 12.8. The Bertz CT molecular complexity index is 326. The van der Waals surface area contributed by atoms with Gasteiger partial charge in [-0.1, -0.05) is 27.7 Å². The molecule has 0 unspecified atom stereocenters. The minimum Gasteiger partial charge on any atom is -0.397 e. The van der Waals surface area contributed by atoms with Gasteiger partial charge in [-0.05, 0) is 36.4 Å². The third kappa shape index (κ3) is 4.35. The molecule has 0 spiro atoms. The number of nitrogens with zero attached hydrogens (tertiary/aromatic N) is 1. The van der Waals surface area contributed by atoms with Gasteiger partial charge in [0.1, 0.15) is 0 Å². The summed E-state index contributed by atoms with van der Waals surface area (Å²) >= 11 is 0. The van der Waals surface area contributed by atoms with E-state index in [1.54, 1.807) is 6.20 Å². The molecule has 1 heterocycles. The van der Waals surface area contributed by atoms with Gasteiger partial charge in [0.15, 0.2) is 0 Å². The molecule has 0 amide bonds. The second kappa shape index (κ2) is 6.60. The molecule has 3 N–H and O–H groups in total. The molecule has 0 aliphatic heterocycles. The monoisotopic (exact) mass is 235 g/mol. The number of nitrogens with one attached hydrogen (secondary N) is 1. The van der Waals surface area contributed by atoms with Gasteiger partial charge in [-0.2, -0.15) is 0 Å². The molecule has 17 heavy (non-hydrogen) atoms. The summed E-state index contributed by atoms with van der Waals surface area (Å²) in [5.74, 6) is 2.09. The zero-order valence-corrected chi connectivity index (χ0v) is 11.4. The molecule has 0 bridgehead atoms. The van der Waals surface area contributed by atoms with Crippen LogP contribution in [0, 0.1) is 17.8 Å². The number of hydrogen-bond acceptors (Lipinski definition) is 3. The Balaban J connectivity index is 2.44. The van der Waals surface area contributed by atoms with E-state index in [0.29, 0.717) is 17.8 Å².